The van der Waals surface area contributed by atoms with Crippen molar-refractivity contribution in [2.75, 3.05) is 18.2 Å². The number of nitrogens with two attached hydrogens (primary N) is 1. The molecule has 154 valence electrons. The van der Waals surface area contributed by atoms with Gasteiger partial charge in [-0.15, -0.1) is 10.2 Å². The average molecular weight is 421 g/mol. The van der Waals surface area contributed by atoms with Crippen LogP contribution in [-0.4, -0.2) is 33.0 Å². The highest BCUT2D eigenvalue weighted by atomic mass is 32.2. The van der Waals surface area contributed by atoms with Gasteiger partial charge in [0.2, 0.25) is 5.16 Å². The molecule has 0 spiro atoms. The molecule has 0 bridgehead atoms. The molecule has 0 saturated carbocycles. The molecule has 2 aromatic carbocycles. The number of ether oxygens (including phenoxy) is 1. The molecule has 1 aromatic heterocycles. The molecule has 0 aliphatic carbocycles. The predicted octanol–water partition coefficient (Wildman–Crippen LogP) is 4.08. The number of hydrogen-bond donors (Lipinski definition) is 1. The van der Waals surface area contributed by atoms with E-state index in [1.54, 1.807) is 25.2 Å². The van der Waals surface area contributed by atoms with Crippen molar-refractivity contribution in [3.63, 3.8) is 0 Å². The maximum atomic E-state index is 12.2. The molecule has 30 heavy (non-hydrogen) atoms. The molecule has 7 heteroatoms. The summed E-state index contributed by atoms with van der Waals surface area (Å²) in [7, 11) is 0. The third-order valence-electron chi connectivity index (χ3n) is 4.24. The molecular weight excluding hydrogens is 396 g/mol. The lowest BCUT2D eigenvalue weighted by atomic mass is 10.1. The van der Waals surface area contributed by atoms with Crippen molar-refractivity contribution in [2.24, 2.45) is 0 Å². The third kappa shape index (κ3) is 6.09. The second-order valence-corrected chi connectivity index (χ2v) is 7.68. The van der Waals surface area contributed by atoms with E-state index in [2.05, 4.69) is 10.2 Å². The standard InChI is InChI=1S/C23H24N4O2S/c1-17-6-5-7-19(16-17)10-12-21(28)13-11-20-8-3-4-9-22(20)29-14-15-30-23-26-25-18(2)27(23)24/h3-13,16H,14-15,24H2,1-2H3. The molecule has 0 fully saturated rings. The van der Waals surface area contributed by atoms with Crippen molar-refractivity contribution in [1.82, 2.24) is 14.9 Å². The first-order valence-electron chi connectivity index (χ1n) is 9.51. The van der Waals surface area contributed by atoms with E-state index in [0.29, 0.717) is 23.3 Å². The quantitative estimate of drug-likeness (QED) is 0.243. The van der Waals surface area contributed by atoms with Gasteiger partial charge in [0.1, 0.15) is 11.6 Å². The highest BCUT2D eigenvalue weighted by Gasteiger charge is 2.06. The van der Waals surface area contributed by atoms with Crippen LogP contribution in [0.1, 0.15) is 22.5 Å². The minimum atomic E-state index is -0.0838. The van der Waals surface area contributed by atoms with Crippen LogP contribution in [0.25, 0.3) is 12.2 Å². The van der Waals surface area contributed by atoms with Gasteiger partial charge in [-0.05, 0) is 43.7 Å². The highest BCUT2D eigenvalue weighted by Crippen LogP contribution is 2.21. The van der Waals surface area contributed by atoms with Crippen molar-refractivity contribution in [3.8, 4) is 5.75 Å². The summed E-state index contributed by atoms with van der Waals surface area (Å²) < 4.78 is 7.34. The zero-order chi connectivity index (χ0) is 21.3. The summed E-state index contributed by atoms with van der Waals surface area (Å²) in [6.45, 7) is 4.30. The fourth-order valence-electron chi connectivity index (χ4n) is 2.66. The van der Waals surface area contributed by atoms with Crippen LogP contribution in [0.2, 0.25) is 0 Å². The van der Waals surface area contributed by atoms with E-state index in [1.807, 2.05) is 61.5 Å². The van der Waals surface area contributed by atoms with Crippen molar-refractivity contribution in [2.45, 2.75) is 19.0 Å². The molecule has 2 N–H and O–H groups in total. The molecule has 0 saturated heterocycles. The Kier molecular flexibility index (Phi) is 7.45. The second-order valence-electron chi connectivity index (χ2n) is 6.62. The summed E-state index contributed by atoms with van der Waals surface area (Å²) in [5, 5.41) is 8.59. The van der Waals surface area contributed by atoms with E-state index in [-0.39, 0.29) is 5.78 Å². The van der Waals surface area contributed by atoms with Gasteiger partial charge in [-0.25, -0.2) is 4.68 Å². The first-order valence-corrected chi connectivity index (χ1v) is 10.5. The number of benzene rings is 2. The first kappa shape index (κ1) is 21.4. The number of carbonyl (C=O) groups is 1. The Morgan fingerprint density at radius 2 is 1.90 bits per heavy atom. The predicted molar refractivity (Wildman–Crippen MR) is 122 cm³/mol. The van der Waals surface area contributed by atoms with Gasteiger partial charge in [0.25, 0.3) is 0 Å². The summed E-state index contributed by atoms with van der Waals surface area (Å²) in [5.74, 6) is 7.81. The molecule has 0 unspecified atom stereocenters. The molecule has 0 atom stereocenters. The van der Waals surface area contributed by atoms with E-state index in [0.717, 1.165) is 22.4 Å². The lowest BCUT2D eigenvalue weighted by Gasteiger charge is -2.08. The van der Waals surface area contributed by atoms with Gasteiger partial charge in [-0.3, -0.25) is 4.79 Å². The number of hydrogen-bond acceptors (Lipinski definition) is 6. The Morgan fingerprint density at radius 1 is 1.10 bits per heavy atom. The molecule has 0 radical (unpaired) electrons. The molecular formula is C23H24N4O2S. The fourth-order valence-corrected chi connectivity index (χ4v) is 3.38. The minimum absolute atomic E-state index is 0.0838. The third-order valence-corrected chi connectivity index (χ3v) is 5.14. The number of carbonyl (C=O) groups excluding carboxylic acids is 1. The van der Waals surface area contributed by atoms with Crippen LogP contribution in [0.3, 0.4) is 0 Å². The van der Waals surface area contributed by atoms with E-state index < -0.39 is 0 Å². The number of allylic oxidation sites excluding steroid dienone is 2. The van der Waals surface area contributed by atoms with E-state index in [9.17, 15) is 4.79 Å². The van der Waals surface area contributed by atoms with Gasteiger partial charge in [0.05, 0.1) is 6.61 Å². The number of aromatic nitrogens is 3. The summed E-state index contributed by atoms with van der Waals surface area (Å²) in [4.78, 5) is 12.2. The van der Waals surface area contributed by atoms with Gasteiger partial charge < -0.3 is 10.6 Å². The number of rotatable bonds is 9. The van der Waals surface area contributed by atoms with Crippen LogP contribution in [0, 0.1) is 13.8 Å². The highest BCUT2D eigenvalue weighted by molar-refractivity contribution is 7.99. The normalized spacial score (nSPS) is 11.4. The lowest BCUT2D eigenvalue weighted by Crippen LogP contribution is -2.12. The Morgan fingerprint density at radius 3 is 2.67 bits per heavy atom. The smallest absolute Gasteiger partial charge is 0.209 e. The molecule has 0 amide bonds. The van der Waals surface area contributed by atoms with Crippen LogP contribution < -0.4 is 10.6 Å². The molecule has 3 aromatic rings. The van der Waals surface area contributed by atoms with Crippen LogP contribution >= 0.6 is 11.8 Å². The van der Waals surface area contributed by atoms with Gasteiger partial charge in [-0.1, -0.05) is 65.9 Å². The summed E-state index contributed by atoms with van der Waals surface area (Å²) in [6.07, 6.45) is 6.70. The van der Waals surface area contributed by atoms with Crippen molar-refractivity contribution >= 4 is 29.7 Å². The van der Waals surface area contributed by atoms with Crippen LogP contribution in [0.5, 0.6) is 5.75 Å². The van der Waals surface area contributed by atoms with Gasteiger partial charge in [0, 0.05) is 11.3 Å². The van der Waals surface area contributed by atoms with Crippen molar-refractivity contribution < 1.29 is 9.53 Å². The number of aryl methyl sites for hydroxylation is 2. The fraction of sp³-hybridized carbons (Fsp3) is 0.174. The van der Waals surface area contributed by atoms with E-state index in [4.69, 9.17) is 10.6 Å². The zero-order valence-electron chi connectivity index (χ0n) is 17.0. The summed E-state index contributed by atoms with van der Waals surface area (Å²) >= 11 is 1.47. The summed E-state index contributed by atoms with van der Waals surface area (Å²) in [6, 6.07) is 15.6. The number of ketones is 1. The molecule has 3 rings (SSSR count). The number of nitrogen functional groups attached to an aromatic ring is 1. The molecule has 0 aliphatic rings. The first-order chi connectivity index (χ1) is 14.5. The Balaban J connectivity index is 1.55. The summed E-state index contributed by atoms with van der Waals surface area (Å²) in [5.41, 5.74) is 3.00. The number of thioether (sulfide) groups is 1. The van der Waals surface area contributed by atoms with Gasteiger partial charge >= 0.3 is 0 Å². The van der Waals surface area contributed by atoms with Crippen LogP contribution in [0.4, 0.5) is 0 Å². The number of nitrogens with zero attached hydrogens (tertiary/aromatic N) is 3. The lowest BCUT2D eigenvalue weighted by molar-refractivity contribution is -0.110. The van der Waals surface area contributed by atoms with Crippen LogP contribution in [-0.2, 0) is 4.79 Å². The zero-order valence-corrected chi connectivity index (χ0v) is 17.8. The van der Waals surface area contributed by atoms with Gasteiger partial charge in [0.15, 0.2) is 5.78 Å². The van der Waals surface area contributed by atoms with E-state index >= 15 is 0 Å². The monoisotopic (exact) mass is 420 g/mol. The largest absolute Gasteiger partial charge is 0.492 e. The second kappa shape index (κ2) is 10.5. The molecule has 6 nitrogen and oxygen atoms in total. The Hall–Kier alpha value is -3.32. The van der Waals surface area contributed by atoms with Gasteiger partial charge in [-0.2, -0.15) is 0 Å². The molecule has 0 aliphatic heterocycles. The SMILES string of the molecule is Cc1cccc(C=CC(=O)C=Cc2ccccc2OCCSc2nnc(C)n2N)c1. The number of para-hydroxylation sites is 1. The maximum absolute atomic E-state index is 12.2. The topological polar surface area (TPSA) is 83.0 Å². The molecule has 1 heterocycles. The van der Waals surface area contributed by atoms with E-state index in [1.165, 1.54) is 16.4 Å². The minimum Gasteiger partial charge on any atom is -0.492 e. The average Bonchev–Trinajstić information content (AvgIpc) is 3.06. The Labute approximate surface area is 180 Å². The van der Waals surface area contributed by atoms with Crippen LogP contribution in [0.15, 0.2) is 65.8 Å². The van der Waals surface area contributed by atoms with Crippen molar-refractivity contribution in [3.05, 3.63) is 83.2 Å². The van der Waals surface area contributed by atoms with Crippen molar-refractivity contribution in [1.29, 1.82) is 0 Å². The Bertz CT molecular complexity index is 1070. The maximum Gasteiger partial charge on any atom is 0.209 e.